The summed E-state index contributed by atoms with van der Waals surface area (Å²) in [5.74, 6) is 0.754. The lowest BCUT2D eigenvalue weighted by atomic mass is 10.0. The highest BCUT2D eigenvalue weighted by molar-refractivity contribution is 5.88. The van der Waals surface area contributed by atoms with Gasteiger partial charge in [0.1, 0.15) is 0 Å². The van der Waals surface area contributed by atoms with Crippen molar-refractivity contribution in [1.82, 2.24) is 4.90 Å². The van der Waals surface area contributed by atoms with Crippen LogP contribution in [0.2, 0.25) is 0 Å². The normalized spacial score (nSPS) is 18.6. The standard InChI is InChI=1S/C11H21N3O2/c1-7(2)14(6-10(12)13-16)11(15)8(3)9-4-5-9/h7-9,16H,4-6H2,1-3H3,(H2,12,13). The molecule has 0 aromatic rings. The Hall–Kier alpha value is -1.26. The van der Waals surface area contributed by atoms with E-state index in [1.807, 2.05) is 20.8 Å². The third-order valence-corrected chi connectivity index (χ3v) is 3.09. The molecule has 1 atom stereocenters. The van der Waals surface area contributed by atoms with Crippen molar-refractivity contribution >= 4 is 11.7 Å². The molecule has 0 spiro atoms. The first-order valence-corrected chi connectivity index (χ1v) is 5.74. The van der Waals surface area contributed by atoms with Gasteiger partial charge in [-0.15, -0.1) is 0 Å². The van der Waals surface area contributed by atoms with Gasteiger partial charge in [-0.25, -0.2) is 0 Å². The minimum absolute atomic E-state index is 0.0499. The van der Waals surface area contributed by atoms with Crippen LogP contribution in [-0.4, -0.2) is 34.4 Å². The first-order valence-electron chi connectivity index (χ1n) is 5.74. The van der Waals surface area contributed by atoms with Crippen molar-refractivity contribution in [3.63, 3.8) is 0 Å². The van der Waals surface area contributed by atoms with Gasteiger partial charge in [0.05, 0.1) is 6.54 Å². The van der Waals surface area contributed by atoms with Gasteiger partial charge in [-0.1, -0.05) is 12.1 Å². The molecule has 1 aliphatic rings. The highest BCUT2D eigenvalue weighted by Gasteiger charge is 2.35. The lowest BCUT2D eigenvalue weighted by Gasteiger charge is -2.28. The third kappa shape index (κ3) is 3.12. The van der Waals surface area contributed by atoms with E-state index in [2.05, 4.69) is 5.16 Å². The molecule has 5 heteroatoms. The summed E-state index contributed by atoms with van der Waals surface area (Å²) in [6.07, 6.45) is 2.28. The summed E-state index contributed by atoms with van der Waals surface area (Å²) in [5, 5.41) is 11.4. The number of carbonyl (C=O) groups is 1. The average molecular weight is 227 g/mol. The molecule has 16 heavy (non-hydrogen) atoms. The third-order valence-electron chi connectivity index (χ3n) is 3.09. The Kier molecular flexibility index (Phi) is 4.15. The summed E-state index contributed by atoms with van der Waals surface area (Å²) in [6, 6.07) is 0.0639. The molecule has 0 saturated heterocycles. The number of oxime groups is 1. The van der Waals surface area contributed by atoms with E-state index in [1.165, 1.54) is 0 Å². The van der Waals surface area contributed by atoms with Crippen LogP contribution in [0.25, 0.3) is 0 Å². The zero-order valence-electron chi connectivity index (χ0n) is 10.2. The van der Waals surface area contributed by atoms with Crippen LogP contribution in [-0.2, 0) is 4.79 Å². The van der Waals surface area contributed by atoms with E-state index in [-0.39, 0.29) is 30.2 Å². The Morgan fingerprint density at radius 3 is 2.44 bits per heavy atom. The van der Waals surface area contributed by atoms with Crippen LogP contribution in [0.3, 0.4) is 0 Å². The van der Waals surface area contributed by atoms with Crippen molar-refractivity contribution in [2.24, 2.45) is 22.7 Å². The summed E-state index contributed by atoms with van der Waals surface area (Å²) >= 11 is 0. The molecule has 1 amide bonds. The molecule has 1 rings (SSSR count). The molecule has 0 aromatic carbocycles. The van der Waals surface area contributed by atoms with Gasteiger partial charge in [-0.3, -0.25) is 4.79 Å². The number of carbonyl (C=O) groups excluding carboxylic acids is 1. The zero-order chi connectivity index (χ0) is 12.3. The highest BCUT2D eigenvalue weighted by atomic mass is 16.4. The SMILES string of the molecule is CC(C(=O)N(CC(N)=NO)C(C)C)C1CC1. The Balaban J connectivity index is 2.64. The number of amides is 1. The van der Waals surface area contributed by atoms with Crippen LogP contribution in [0.4, 0.5) is 0 Å². The second kappa shape index (κ2) is 5.18. The zero-order valence-corrected chi connectivity index (χ0v) is 10.2. The lowest BCUT2D eigenvalue weighted by Crippen LogP contribution is -2.45. The fraction of sp³-hybridized carbons (Fsp3) is 0.818. The summed E-state index contributed by atoms with van der Waals surface area (Å²) in [7, 11) is 0. The van der Waals surface area contributed by atoms with Crippen molar-refractivity contribution < 1.29 is 10.0 Å². The fourth-order valence-corrected chi connectivity index (χ4v) is 1.78. The molecule has 1 fully saturated rings. The molecule has 0 bridgehead atoms. The van der Waals surface area contributed by atoms with Gasteiger partial charge in [-0.05, 0) is 32.6 Å². The first kappa shape index (κ1) is 12.8. The monoisotopic (exact) mass is 227 g/mol. The molecule has 92 valence electrons. The second-order valence-electron chi connectivity index (χ2n) is 4.78. The van der Waals surface area contributed by atoms with Gasteiger partial charge in [0.15, 0.2) is 5.84 Å². The van der Waals surface area contributed by atoms with Crippen molar-refractivity contribution in [1.29, 1.82) is 0 Å². The molecular weight excluding hydrogens is 206 g/mol. The summed E-state index contributed by atoms with van der Waals surface area (Å²) < 4.78 is 0. The van der Waals surface area contributed by atoms with E-state index in [9.17, 15) is 4.79 Å². The van der Waals surface area contributed by atoms with Gasteiger partial charge in [0, 0.05) is 12.0 Å². The Morgan fingerprint density at radius 1 is 1.50 bits per heavy atom. The summed E-state index contributed by atoms with van der Waals surface area (Å²) in [6.45, 7) is 6.02. The van der Waals surface area contributed by atoms with Crippen molar-refractivity contribution in [3.05, 3.63) is 0 Å². The van der Waals surface area contributed by atoms with E-state index in [0.29, 0.717) is 5.92 Å². The van der Waals surface area contributed by atoms with Crippen LogP contribution >= 0.6 is 0 Å². The van der Waals surface area contributed by atoms with Crippen LogP contribution in [0, 0.1) is 11.8 Å². The molecule has 1 saturated carbocycles. The second-order valence-corrected chi connectivity index (χ2v) is 4.78. The van der Waals surface area contributed by atoms with E-state index < -0.39 is 0 Å². The van der Waals surface area contributed by atoms with E-state index >= 15 is 0 Å². The van der Waals surface area contributed by atoms with Crippen LogP contribution < -0.4 is 5.73 Å². The van der Waals surface area contributed by atoms with Gasteiger partial charge in [0.25, 0.3) is 0 Å². The molecule has 0 heterocycles. The minimum atomic E-state index is 0.0499. The number of hydrogen-bond donors (Lipinski definition) is 2. The fourth-order valence-electron chi connectivity index (χ4n) is 1.78. The number of amidine groups is 1. The first-order chi connectivity index (χ1) is 7.47. The van der Waals surface area contributed by atoms with Gasteiger partial charge < -0.3 is 15.8 Å². The van der Waals surface area contributed by atoms with Crippen molar-refractivity contribution in [2.75, 3.05) is 6.54 Å². The van der Waals surface area contributed by atoms with Crippen LogP contribution in [0.1, 0.15) is 33.6 Å². The van der Waals surface area contributed by atoms with Crippen LogP contribution in [0.15, 0.2) is 5.16 Å². The number of hydrogen-bond acceptors (Lipinski definition) is 3. The Bertz CT molecular complexity index is 285. The van der Waals surface area contributed by atoms with E-state index in [1.54, 1.807) is 4.90 Å². The molecule has 1 aliphatic carbocycles. The smallest absolute Gasteiger partial charge is 0.226 e. The molecule has 0 radical (unpaired) electrons. The molecule has 3 N–H and O–H groups in total. The minimum Gasteiger partial charge on any atom is -0.409 e. The molecular formula is C11H21N3O2. The Morgan fingerprint density at radius 2 is 2.06 bits per heavy atom. The molecule has 5 nitrogen and oxygen atoms in total. The van der Waals surface area contributed by atoms with Gasteiger partial charge in [-0.2, -0.15) is 0 Å². The summed E-state index contributed by atoms with van der Waals surface area (Å²) in [5.41, 5.74) is 5.45. The van der Waals surface area contributed by atoms with Crippen molar-refractivity contribution in [2.45, 2.75) is 39.7 Å². The maximum absolute atomic E-state index is 12.2. The van der Waals surface area contributed by atoms with Gasteiger partial charge >= 0.3 is 0 Å². The quantitative estimate of drug-likeness (QED) is 0.318. The van der Waals surface area contributed by atoms with Crippen LogP contribution in [0.5, 0.6) is 0 Å². The van der Waals surface area contributed by atoms with Crippen molar-refractivity contribution in [3.8, 4) is 0 Å². The summed E-state index contributed by atoms with van der Waals surface area (Å²) in [4.78, 5) is 13.8. The van der Waals surface area contributed by atoms with Gasteiger partial charge in [0.2, 0.25) is 5.91 Å². The number of rotatable bonds is 5. The topological polar surface area (TPSA) is 78.9 Å². The maximum atomic E-state index is 12.2. The highest BCUT2D eigenvalue weighted by Crippen LogP contribution is 2.37. The predicted molar refractivity (Wildman–Crippen MR) is 62.1 cm³/mol. The van der Waals surface area contributed by atoms with E-state index in [4.69, 9.17) is 10.9 Å². The Labute approximate surface area is 96.3 Å². The molecule has 0 aliphatic heterocycles. The molecule has 0 aromatic heterocycles. The number of nitrogens with two attached hydrogens (primary N) is 1. The largest absolute Gasteiger partial charge is 0.409 e. The van der Waals surface area contributed by atoms with E-state index in [0.717, 1.165) is 12.8 Å². The lowest BCUT2D eigenvalue weighted by molar-refractivity contribution is -0.136. The number of nitrogens with zero attached hydrogens (tertiary/aromatic N) is 2. The molecule has 1 unspecified atom stereocenters. The predicted octanol–water partition coefficient (Wildman–Crippen LogP) is 1.02. The maximum Gasteiger partial charge on any atom is 0.226 e. The average Bonchev–Trinajstić information content (AvgIpc) is 3.06.